The predicted octanol–water partition coefficient (Wildman–Crippen LogP) is 1.74. The number of carbonyl (C=O) groups is 2. The summed E-state index contributed by atoms with van der Waals surface area (Å²) < 4.78 is 0. The van der Waals surface area contributed by atoms with E-state index in [1.807, 2.05) is 63.9 Å². The van der Waals surface area contributed by atoms with E-state index in [0.29, 0.717) is 24.5 Å². The molecule has 7 nitrogen and oxygen atoms in total. The van der Waals surface area contributed by atoms with Crippen molar-refractivity contribution in [3.8, 4) is 0 Å². The molecule has 2 amide bonds. The molecule has 0 aromatic heterocycles. The molecular formula is C21H35N5O2. The van der Waals surface area contributed by atoms with Gasteiger partial charge in [-0.15, -0.1) is 0 Å². The highest BCUT2D eigenvalue weighted by Crippen LogP contribution is 2.08. The number of carbonyl (C=O) groups excluding carboxylic acids is 2. The van der Waals surface area contributed by atoms with Gasteiger partial charge in [0.05, 0.1) is 6.54 Å². The van der Waals surface area contributed by atoms with E-state index < -0.39 is 0 Å². The van der Waals surface area contributed by atoms with E-state index in [-0.39, 0.29) is 23.9 Å². The lowest BCUT2D eigenvalue weighted by Gasteiger charge is -2.25. The first-order valence-corrected chi connectivity index (χ1v) is 9.64. The number of hydrogen-bond donors (Lipinski definition) is 2. The number of aliphatic imine (C=N–C) groups is 1. The number of rotatable bonds is 7. The van der Waals surface area contributed by atoms with Crippen molar-refractivity contribution < 1.29 is 9.59 Å². The molecule has 1 aromatic rings. The fraction of sp³-hybridized carbons (Fsp3) is 0.571. The highest BCUT2D eigenvalue weighted by Gasteiger charge is 2.16. The lowest BCUT2D eigenvalue weighted by Crippen LogP contribution is -2.48. The van der Waals surface area contributed by atoms with Gasteiger partial charge in [0.2, 0.25) is 5.91 Å². The van der Waals surface area contributed by atoms with Gasteiger partial charge in [-0.3, -0.25) is 14.6 Å². The maximum Gasteiger partial charge on any atom is 0.253 e. The Hall–Kier alpha value is -2.57. The van der Waals surface area contributed by atoms with Gasteiger partial charge >= 0.3 is 0 Å². The topological polar surface area (TPSA) is 77.0 Å². The Morgan fingerprint density at radius 1 is 1.14 bits per heavy atom. The lowest BCUT2D eigenvalue weighted by molar-refractivity contribution is -0.122. The number of guanidine groups is 1. The van der Waals surface area contributed by atoms with Crippen LogP contribution in [0.1, 0.15) is 43.6 Å². The van der Waals surface area contributed by atoms with Crippen LogP contribution in [0.4, 0.5) is 0 Å². The quantitative estimate of drug-likeness (QED) is 0.550. The van der Waals surface area contributed by atoms with Crippen molar-refractivity contribution in [3.05, 3.63) is 35.4 Å². The van der Waals surface area contributed by atoms with Crippen molar-refractivity contribution >= 4 is 17.8 Å². The van der Waals surface area contributed by atoms with E-state index >= 15 is 0 Å². The number of hydrogen-bond acceptors (Lipinski definition) is 3. The molecule has 2 N–H and O–H groups in total. The summed E-state index contributed by atoms with van der Waals surface area (Å²) in [6, 6.07) is 7.62. The van der Waals surface area contributed by atoms with E-state index in [4.69, 9.17) is 0 Å². The number of benzene rings is 1. The molecular weight excluding hydrogens is 354 g/mol. The van der Waals surface area contributed by atoms with Gasteiger partial charge in [0.25, 0.3) is 5.91 Å². The molecule has 0 fully saturated rings. The van der Waals surface area contributed by atoms with Crippen LogP contribution in [-0.4, -0.2) is 73.9 Å². The fourth-order valence-corrected chi connectivity index (χ4v) is 2.63. The zero-order valence-corrected chi connectivity index (χ0v) is 18.3. The van der Waals surface area contributed by atoms with Crippen LogP contribution >= 0.6 is 0 Å². The van der Waals surface area contributed by atoms with Crippen molar-refractivity contribution in [1.29, 1.82) is 0 Å². The largest absolute Gasteiger partial charge is 0.357 e. The van der Waals surface area contributed by atoms with Crippen LogP contribution < -0.4 is 10.6 Å². The normalized spacial score (nSPS) is 11.8. The summed E-state index contributed by atoms with van der Waals surface area (Å²) in [5.41, 5.74) is 1.47. The van der Waals surface area contributed by atoms with Crippen LogP contribution in [0.25, 0.3) is 0 Å². The summed E-state index contributed by atoms with van der Waals surface area (Å²) in [6.45, 7) is 9.38. The van der Waals surface area contributed by atoms with Crippen LogP contribution in [0.3, 0.4) is 0 Å². The molecule has 0 radical (unpaired) electrons. The molecule has 7 heteroatoms. The standard InChI is InChI=1S/C21H35N5O2/c1-8-22-20(26(7)15-18(27)24-21(2,3)4)23-13-12-16-10-9-11-17(14-16)19(28)25(5)6/h9-11,14H,8,12-13,15H2,1-7H3,(H,22,23)(H,24,27). The first kappa shape index (κ1) is 23.5. The third kappa shape index (κ3) is 8.41. The number of nitrogens with zero attached hydrogens (tertiary/aromatic N) is 3. The Bertz CT molecular complexity index is 692. The van der Waals surface area contributed by atoms with Crippen LogP contribution in [0.5, 0.6) is 0 Å². The molecule has 0 aliphatic rings. The Balaban J connectivity index is 2.73. The van der Waals surface area contributed by atoms with Gasteiger partial charge in [0.1, 0.15) is 0 Å². The SMILES string of the molecule is CCNC(=NCCc1cccc(C(=O)N(C)C)c1)N(C)CC(=O)NC(C)(C)C. The zero-order chi connectivity index (χ0) is 21.3. The molecule has 0 aliphatic carbocycles. The van der Waals surface area contributed by atoms with Crippen molar-refractivity contribution in [2.45, 2.75) is 39.7 Å². The third-order valence-corrected chi connectivity index (χ3v) is 3.83. The van der Waals surface area contributed by atoms with Crippen LogP contribution in [0.15, 0.2) is 29.3 Å². The van der Waals surface area contributed by atoms with E-state index in [9.17, 15) is 9.59 Å². The zero-order valence-electron chi connectivity index (χ0n) is 18.3. The monoisotopic (exact) mass is 389 g/mol. The second kappa shape index (κ2) is 10.7. The van der Waals surface area contributed by atoms with E-state index in [1.54, 1.807) is 19.0 Å². The lowest BCUT2D eigenvalue weighted by atomic mass is 10.1. The average Bonchev–Trinajstić information content (AvgIpc) is 2.58. The minimum atomic E-state index is -0.261. The summed E-state index contributed by atoms with van der Waals surface area (Å²) in [6.07, 6.45) is 0.714. The maximum atomic E-state index is 12.2. The summed E-state index contributed by atoms with van der Waals surface area (Å²) in [4.78, 5) is 32.3. The second-order valence-corrected chi connectivity index (χ2v) is 8.04. The molecule has 28 heavy (non-hydrogen) atoms. The van der Waals surface area contributed by atoms with Crippen molar-refractivity contribution in [2.24, 2.45) is 4.99 Å². The Morgan fingerprint density at radius 2 is 1.82 bits per heavy atom. The molecule has 0 heterocycles. The molecule has 156 valence electrons. The molecule has 0 saturated carbocycles. The smallest absolute Gasteiger partial charge is 0.253 e. The molecule has 0 bridgehead atoms. The third-order valence-electron chi connectivity index (χ3n) is 3.83. The highest BCUT2D eigenvalue weighted by molar-refractivity contribution is 5.94. The molecule has 0 unspecified atom stereocenters. The van der Waals surface area contributed by atoms with Crippen LogP contribution in [0.2, 0.25) is 0 Å². The van der Waals surface area contributed by atoms with E-state index in [2.05, 4.69) is 15.6 Å². The molecule has 1 aromatic carbocycles. The van der Waals surface area contributed by atoms with Gasteiger partial charge in [-0.05, 0) is 51.8 Å². The van der Waals surface area contributed by atoms with E-state index in [0.717, 1.165) is 12.1 Å². The first-order chi connectivity index (χ1) is 13.0. The van der Waals surface area contributed by atoms with E-state index in [1.165, 1.54) is 0 Å². The second-order valence-electron chi connectivity index (χ2n) is 8.04. The number of likely N-dealkylation sites (N-methyl/N-ethyl adjacent to an activating group) is 1. The number of nitrogens with one attached hydrogen (secondary N) is 2. The minimum Gasteiger partial charge on any atom is -0.357 e. The maximum absolute atomic E-state index is 12.2. The van der Waals surface area contributed by atoms with Gasteiger partial charge < -0.3 is 20.4 Å². The summed E-state index contributed by atoms with van der Waals surface area (Å²) >= 11 is 0. The van der Waals surface area contributed by atoms with Crippen molar-refractivity contribution in [2.75, 3.05) is 40.8 Å². The predicted molar refractivity (Wildman–Crippen MR) is 115 cm³/mol. The van der Waals surface area contributed by atoms with Gasteiger partial charge in [-0.2, -0.15) is 0 Å². The number of amides is 2. The summed E-state index contributed by atoms with van der Waals surface area (Å²) in [7, 11) is 5.33. The van der Waals surface area contributed by atoms with Crippen molar-refractivity contribution in [3.63, 3.8) is 0 Å². The fourth-order valence-electron chi connectivity index (χ4n) is 2.63. The van der Waals surface area contributed by atoms with Crippen molar-refractivity contribution in [1.82, 2.24) is 20.4 Å². The Kier molecular flexibility index (Phi) is 8.96. The van der Waals surface area contributed by atoms with Gasteiger partial charge in [0.15, 0.2) is 5.96 Å². The molecule has 0 aliphatic heterocycles. The first-order valence-electron chi connectivity index (χ1n) is 9.64. The van der Waals surface area contributed by atoms with Gasteiger partial charge in [-0.1, -0.05) is 12.1 Å². The molecule has 0 atom stereocenters. The molecule has 0 saturated heterocycles. The molecule has 0 spiro atoms. The Labute approximate surface area is 169 Å². The Morgan fingerprint density at radius 3 is 2.39 bits per heavy atom. The van der Waals surface area contributed by atoms with Crippen LogP contribution in [0, 0.1) is 0 Å². The van der Waals surface area contributed by atoms with Crippen LogP contribution in [-0.2, 0) is 11.2 Å². The highest BCUT2D eigenvalue weighted by atomic mass is 16.2. The molecule has 1 rings (SSSR count). The summed E-state index contributed by atoms with van der Waals surface area (Å²) in [5, 5.41) is 6.17. The summed E-state index contributed by atoms with van der Waals surface area (Å²) in [5.74, 6) is 0.630. The average molecular weight is 390 g/mol. The van der Waals surface area contributed by atoms with Gasteiger partial charge in [-0.25, -0.2) is 0 Å². The minimum absolute atomic E-state index is 0.0108. The van der Waals surface area contributed by atoms with Gasteiger partial charge in [0, 0.05) is 45.3 Å².